The van der Waals surface area contributed by atoms with Crippen molar-refractivity contribution in [2.75, 3.05) is 32.8 Å². The van der Waals surface area contributed by atoms with E-state index in [9.17, 15) is 0 Å². The van der Waals surface area contributed by atoms with E-state index in [4.69, 9.17) is 10.5 Å². The topological polar surface area (TPSA) is 38.5 Å². The van der Waals surface area contributed by atoms with Crippen molar-refractivity contribution < 1.29 is 4.74 Å². The van der Waals surface area contributed by atoms with Crippen molar-refractivity contribution in [3.05, 3.63) is 0 Å². The second-order valence-electron chi connectivity index (χ2n) is 6.50. The van der Waals surface area contributed by atoms with Crippen LogP contribution >= 0.6 is 0 Å². The first kappa shape index (κ1) is 14.3. The molecule has 3 nitrogen and oxygen atoms in total. The highest BCUT2D eigenvalue weighted by Gasteiger charge is 2.46. The molecule has 0 aliphatic carbocycles. The summed E-state index contributed by atoms with van der Waals surface area (Å²) in [6.07, 6.45) is 5.10. The first-order valence-corrected chi connectivity index (χ1v) is 7.63. The summed E-state index contributed by atoms with van der Waals surface area (Å²) in [6.45, 7) is 12.0. The van der Waals surface area contributed by atoms with E-state index in [1.165, 1.54) is 38.8 Å². The van der Waals surface area contributed by atoms with Gasteiger partial charge in [0, 0.05) is 31.2 Å². The number of nitrogens with two attached hydrogens (primary N) is 1. The predicted octanol–water partition coefficient (Wildman–Crippen LogP) is 2.25. The van der Waals surface area contributed by atoms with Crippen LogP contribution in [0.3, 0.4) is 0 Å². The summed E-state index contributed by atoms with van der Waals surface area (Å²) in [5, 5.41) is 0. The highest BCUT2D eigenvalue weighted by atomic mass is 16.5. The molecule has 0 aromatic rings. The normalized spacial score (nSPS) is 31.7. The SMILES string of the molecule is CCC1(CC)CCN(C(C)(CN)C2CCOC2)C1. The molecule has 18 heavy (non-hydrogen) atoms. The summed E-state index contributed by atoms with van der Waals surface area (Å²) < 4.78 is 5.59. The van der Waals surface area contributed by atoms with E-state index >= 15 is 0 Å². The van der Waals surface area contributed by atoms with E-state index in [1.54, 1.807) is 0 Å². The van der Waals surface area contributed by atoms with Crippen molar-refractivity contribution in [2.24, 2.45) is 17.1 Å². The van der Waals surface area contributed by atoms with Gasteiger partial charge in [0.15, 0.2) is 0 Å². The Hall–Kier alpha value is -0.120. The molecule has 0 radical (unpaired) electrons. The first-order chi connectivity index (χ1) is 8.60. The lowest BCUT2D eigenvalue weighted by Crippen LogP contribution is -2.56. The number of nitrogens with zero attached hydrogens (tertiary/aromatic N) is 1. The first-order valence-electron chi connectivity index (χ1n) is 7.63. The molecule has 0 amide bonds. The summed E-state index contributed by atoms with van der Waals surface area (Å²) in [5.41, 5.74) is 6.82. The molecular formula is C15H30N2O. The lowest BCUT2D eigenvalue weighted by Gasteiger charge is -2.43. The minimum Gasteiger partial charge on any atom is -0.381 e. The van der Waals surface area contributed by atoms with Gasteiger partial charge in [0.25, 0.3) is 0 Å². The molecule has 2 aliphatic rings. The second-order valence-corrected chi connectivity index (χ2v) is 6.50. The lowest BCUT2D eigenvalue weighted by atomic mass is 9.80. The minimum absolute atomic E-state index is 0.141. The molecule has 2 aliphatic heterocycles. The average Bonchev–Trinajstić information content (AvgIpc) is 3.08. The van der Waals surface area contributed by atoms with Crippen LogP contribution in [0.25, 0.3) is 0 Å². The van der Waals surface area contributed by atoms with Gasteiger partial charge in [0.2, 0.25) is 0 Å². The summed E-state index contributed by atoms with van der Waals surface area (Å²) in [4.78, 5) is 2.67. The molecule has 0 spiro atoms. The van der Waals surface area contributed by atoms with Crippen LogP contribution < -0.4 is 5.73 Å². The Balaban J connectivity index is 2.09. The van der Waals surface area contributed by atoms with Crippen molar-refractivity contribution >= 4 is 0 Å². The Labute approximate surface area is 112 Å². The summed E-state index contributed by atoms with van der Waals surface area (Å²) in [5.74, 6) is 0.618. The van der Waals surface area contributed by atoms with Crippen molar-refractivity contribution in [1.82, 2.24) is 4.90 Å². The monoisotopic (exact) mass is 254 g/mol. The van der Waals surface area contributed by atoms with Gasteiger partial charge in [0.1, 0.15) is 0 Å². The van der Waals surface area contributed by atoms with E-state index in [2.05, 4.69) is 25.7 Å². The zero-order valence-electron chi connectivity index (χ0n) is 12.4. The van der Waals surface area contributed by atoms with Crippen molar-refractivity contribution in [3.63, 3.8) is 0 Å². The van der Waals surface area contributed by atoms with Gasteiger partial charge in [-0.25, -0.2) is 0 Å². The molecule has 2 heterocycles. The lowest BCUT2D eigenvalue weighted by molar-refractivity contribution is 0.0533. The van der Waals surface area contributed by atoms with Crippen LogP contribution in [0.5, 0.6) is 0 Å². The second kappa shape index (κ2) is 5.48. The third-order valence-corrected chi connectivity index (χ3v) is 5.88. The number of likely N-dealkylation sites (tertiary alicyclic amines) is 1. The molecule has 0 aromatic heterocycles. The Morgan fingerprint density at radius 2 is 2.11 bits per heavy atom. The van der Waals surface area contributed by atoms with Gasteiger partial charge in [-0.3, -0.25) is 4.90 Å². The molecule has 2 rings (SSSR count). The van der Waals surface area contributed by atoms with Gasteiger partial charge in [-0.1, -0.05) is 13.8 Å². The molecule has 0 bridgehead atoms. The van der Waals surface area contributed by atoms with Crippen LogP contribution in [0.4, 0.5) is 0 Å². The fourth-order valence-electron chi connectivity index (χ4n) is 3.78. The highest BCUT2D eigenvalue weighted by Crippen LogP contribution is 2.42. The Morgan fingerprint density at radius 3 is 2.56 bits per heavy atom. The molecule has 106 valence electrons. The summed E-state index contributed by atoms with van der Waals surface area (Å²) >= 11 is 0. The fraction of sp³-hybridized carbons (Fsp3) is 1.00. The van der Waals surface area contributed by atoms with E-state index in [0.29, 0.717) is 11.3 Å². The number of ether oxygens (including phenoxy) is 1. The van der Waals surface area contributed by atoms with Crippen LogP contribution in [-0.2, 0) is 4.74 Å². The largest absolute Gasteiger partial charge is 0.381 e. The average molecular weight is 254 g/mol. The molecule has 2 unspecified atom stereocenters. The van der Waals surface area contributed by atoms with Gasteiger partial charge < -0.3 is 10.5 Å². The van der Waals surface area contributed by atoms with Crippen molar-refractivity contribution in [1.29, 1.82) is 0 Å². The number of hydrogen-bond donors (Lipinski definition) is 1. The molecule has 2 fully saturated rings. The molecule has 0 aromatic carbocycles. The quantitative estimate of drug-likeness (QED) is 0.818. The van der Waals surface area contributed by atoms with Crippen molar-refractivity contribution in [2.45, 2.75) is 52.0 Å². The highest BCUT2D eigenvalue weighted by molar-refractivity contribution is 5.01. The maximum atomic E-state index is 6.14. The zero-order valence-corrected chi connectivity index (χ0v) is 12.4. The Bertz CT molecular complexity index is 272. The predicted molar refractivity (Wildman–Crippen MR) is 75.6 cm³/mol. The van der Waals surface area contributed by atoms with E-state index in [-0.39, 0.29) is 5.54 Å². The Kier molecular flexibility index (Phi) is 4.35. The van der Waals surface area contributed by atoms with Crippen LogP contribution in [-0.4, -0.2) is 43.3 Å². The smallest absolute Gasteiger partial charge is 0.0513 e. The fourth-order valence-corrected chi connectivity index (χ4v) is 3.78. The third-order valence-electron chi connectivity index (χ3n) is 5.88. The van der Waals surface area contributed by atoms with E-state index in [0.717, 1.165) is 19.8 Å². The van der Waals surface area contributed by atoms with Crippen molar-refractivity contribution in [3.8, 4) is 0 Å². The zero-order chi connectivity index (χ0) is 13.2. The molecule has 2 saturated heterocycles. The van der Waals surface area contributed by atoms with Gasteiger partial charge in [0.05, 0.1) is 6.61 Å². The molecule has 3 heteroatoms. The van der Waals surface area contributed by atoms with Crippen LogP contribution in [0.1, 0.15) is 46.5 Å². The van der Waals surface area contributed by atoms with E-state index in [1.807, 2.05) is 0 Å². The molecule has 2 atom stereocenters. The van der Waals surface area contributed by atoms with Gasteiger partial charge in [-0.2, -0.15) is 0 Å². The van der Waals surface area contributed by atoms with Crippen LogP contribution in [0, 0.1) is 11.3 Å². The van der Waals surface area contributed by atoms with Crippen LogP contribution in [0.15, 0.2) is 0 Å². The molecule has 2 N–H and O–H groups in total. The Morgan fingerprint density at radius 1 is 1.39 bits per heavy atom. The number of rotatable bonds is 5. The molecular weight excluding hydrogens is 224 g/mol. The van der Waals surface area contributed by atoms with Gasteiger partial charge >= 0.3 is 0 Å². The minimum atomic E-state index is 0.141. The molecule has 0 saturated carbocycles. The standard InChI is InChI=1S/C15H30N2O/c1-4-15(5-2)7-8-17(12-15)14(3,11-16)13-6-9-18-10-13/h13H,4-12,16H2,1-3H3. The maximum absolute atomic E-state index is 6.14. The third kappa shape index (κ3) is 2.33. The number of hydrogen-bond acceptors (Lipinski definition) is 3. The van der Waals surface area contributed by atoms with E-state index < -0.39 is 0 Å². The van der Waals surface area contributed by atoms with Crippen LogP contribution in [0.2, 0.25) is 0 Å². The van der Waals surface area contributed by atoms with Gasteiger partial charge in [-0.05, 0) is 44.6 Å². The van der Waals surface area contributed by atoms with Gasteiger partial charge in [-0.15, -0.1) is 0 Å². The summed E-state index contributed by atoms with van der Waals surface area (Å²) in [6, 6.07) is 0. The summed E-state index contributed by atoms with van der Waals surface area (Å²) in [7, 11) is 0. The maximum Gasteiger partial charge on any atom is 0.0513 e.